The number of nitrogen functional groups attached to an aromatic ring is 1. The number of carbonyl (C=O) groups is 2. The van der Waals surface area contributed by atoms with Crippen LogP contribution in [-0.4, -0.2) is 68.4 Å². The van der Waals surface area contributed by atoms with Gasteiger partial charge in [-0.25, -0.2) is 19.7 Å². The predicted octanol–water partition coefficient (Wildman–Crippen LogP) is 3.32. The number of hydrogen-bond donors (Lipinski definition) is 2. The highest BCUT2D eigenvalue weighted by molar-refractivity contribution is 6.30. The number of amides is 2. The second kappa shape index (κ2) is 10.4. The van der Waals surface area contributed by atoms with Crippen molar-refractivity contribution in [3.8, 4) is 5.88 Å². The van der Waals surface area contributed by atoms with Gasteiger partial charge in [-0.2, -0.15) is 9.61 Å². The summed E-state index contributed by atoms with van der Waals surface area (Å²) in [5, 5.41) is 7.82. The van der Waals surface area contributed by atoms with Gasteiger partial charge in [0.05, 0.1) is 38.2 Å². The summed E-state index contributed by atoms with van der Waals surface area (Å²) in [6, 6.07) is 1.69. The van der Waals surface area contributed by atoms with Crippen LogP contribution in [0.4, 0.5) is 16.3 Å². The van der Waals surface area contributed by atoms with E-state index in [1.165, 1.54) is 17.8 Å². The van der Waals surface area contributed by atoms with Gasteiger partial charge in [-0.15, -0.1) is 0 Å². The minimum absolute atomic E-state index is 0.0823. The SMILES string of the molecule is COc1ncc(CO[C@H](C)CN(C(=O)OC(C)(C)C)C(=O)c2cnn3c4c(c(Cl)nc23)CCN4)cc1N. The van der Waals surface area contributed by atoms with Gasteiger partial charge in [0.1, 0.15) is 22.1 Å². The predicted molar refractivity (Wildman–Crippen MR) is 137 cm³/mol. The lowest BCUT2D eigenvalue weighted by molar-refractivity contribution is 0.000683. The molecule has 3 N–H and O–H groups in total. The van der Waals surface area contributed by atoms with Crippen LogP contribution in [0.5, 0.6) is 5.88 Å². The summed E-state index contributed by atoms with van der Waals surface area (Å²) in [6.07, 6.45) is 2.29. The molecule has 37 heavy (non-hydrogen) atoms. The Balaban J connectivity index is 1.57. The molecule has 2 amide bonds. The second-order valence-electron chi connectivity index (χ2n) is 9.66. The maximum atomic E-state index is 13.7. The van der Waals surface area contributed by atoms with E-state index in [1.54, 1.807) is 40.0 Å². The van der Waals surface area contributed by atoms with E-state index in [0.717, 1.165) is 10.5 Å². The summed E-state index contributed by atoms with van der Waals surface area (Å²) in [7, 11) is 1.48. The summed E-state index contributed by atoms with van der Waals surface area (Å²) in [5.41, 5.74) is 7.37. The van der Waals surface area contributed by atoms with Crippen molar-refractivity contribution in [2.75, 3.05) is 31.2 Å². The van der Waals surface area contributed by atoms with Crippen LogP contribution in [0.1, 0.15) is 49.2 Å². The van der Waals surface area contributed by atoms with Gasteiger partial charge in [-0.1, -0.05) is 11.6 Å². The molecule has 1 aliphatic heterocycles. The first-order chi connectivity index (χ1) is 17.5. The van der Waals surface area contributed by atoms with E-state index in [4.69, 9.17) is 31.5 Å². The van der Waals surface area contributed by atoms with E-state index in [0.29, 0.717) is 35.9 Å². The number of anilines is 2. The van der Waals surface area contributed by atoms with Gasteiger partial charge >= 0.3 is 6.09 Å². The number of methoxy groups -OCH3 is 1. The van der Waals surface area contributed by atoms with Crippen LogP contribution in [0.3, 0.4) is 0 Å². The van der Waals surface area contributed by atoms with Gasteiger partial charge in [0.25, 0.3) is 5.91 Å². The Hall–Kier alpha value is -3.64. The number of imide groups is 1. The highest BCUT2D eigenvalue weighted by Gasteiger charge is 2.33. The van der Waals surface area contributed by atoms with Crippen LogP contribution in [0.15, 0.2) is 18.5 Å². The molecule has 12 nitrogen and oxygen atoms in total. The molecule has 1 aliphatic rings. The minimum atomic E-state index is -0.820. The molecule has 0 saturated carbocycles. The third-order valence-corrected chi connectivity index (χ3v) is 5.87. The fourth-order valence-electron chi connectivity index (χ4n) is 3.87. The van der Waals surface area contributed by atoms with Gasteiger partial charge in [0, 0.05) is 18.3 Å². The average Bonchev–Trinajstić information content (AvgIpc) is 3.47. The fourth-order valence-corrected chi connectivity index (χ4v) is 4.14. The smallest absolute Gasteiger partial charge is 0.417 e. The fraction of sp³-hybridized carbons (Fsp3) is 0.458. The summed E-state index contributed by atoms with van der Waals surface area (Å²) >= 11 is 6.37. The maximum absolute atomic E-state index is 13.7. The van der Waals surface area contributed by atoms with Gasteiger partial charge < -0.3 is 25.3 Å². The molecule has 0 radical (unpaired) electrons. The van der Waals surface area contributed by atoms with Crippen molar-refractivity contribution in [1.29, 1.82) is 0 Å². The van der Waals surface area contributed by atoms with Crippen molar-refractivity contribution >= 4 is 40.8 Å². The van der Waals surface area contributed by atoms with E-state index in [2.05, 4.69) is 20.4 Å². The van der Waals surface area contributed by atoms with E-state index in [9.17, 15) is 9.59 Å². The lowest BCUT2D eigenvalue weighted by atomic mass is 10.2. The number of nitrogens with zero attached hydrogens (tertiary/aromatic N) is 5. The number of pyridine rings is 1. The Morgan fingerprint density at radius 3 is 2.76 bits per heavy atom. The number of rotatable bonds is 7. The molecule has 0 fully saturated rings. The second-order valence-corrected chi connectivity index (χ2v) is 10.0. The molecule has 13 heteroatoms. The zero-order valence-electron chi connectivity index (χ0n) is 21.4. The molecule has 4 heterocycles. The topological polar surface area (TPSA) is 146 Å². The molecule has 0 spiro atoms. The standard InChI is InChI=1S/C24H30ClN7O5/c1-13(36-12-14-8-17(26)21(35-5)28-9-14)11-31(23(34)37-24(2,3)4)22(33)16-10-29-32-19-15(6-7-27-19)18(25)30-20(16)32/h8-10,13,27H,6-7,11-12,26H2,1-5H3/t13-/m1/s1. The normalized spacial score (nSPS) is 13.7. The summed E-state index contributed by atoms with van der Waals surface area (Å²) in [5.74, 6) is 0.375. The van der Waals surface area contributed by atoms with Crippen molar-refractivity contribution in [3.05, 3.63) is 40.3 Å². The molecule has 4 rings (SSSR count). The van der Waals surface area contributed by atoms with Crippen molar-refractivity contribution < 1.29 is 23.8 Å². The molecule has 3 aromatic rings. The molecule has 0 bridgehead atoms. The van der Waals surface area contributed by atoms with Crippen molar-refractivity contribution in [2.24, 2.45) is 0 Å². The molecular weight excluding hydrogens is 502 g/mol. The zero-order valence-corrected chi connectivity index (χ0v) is 22.1. The molecule has 0 unspecified atom stereocenters. The lowest BCUT2D eigenvalue weighted by Gasteiger charge is -2.28. The van der Waals surface area contributed by atoms with E-state index in [1.807, 2.05) is 0 Å². The summed E-state index contributed by atoms with van der Waals surface area (Å²) in [4.78, 5) is 36.3. The van der Waals surface area contributed by atoms with Crippen LogP contribution in [-0.2, 0) is 22.5 Å². The van der Waals surface area contributed by atoms with Crippen molar-refractivity contribution in [3.63, 3.8) is 0 Å². The Morgan fingerprint density at radius 1 is 1.32 bits per heavy atom. The number of aromatic nitrogens is 4. The molecule has 0 aromatic carbocycles. The number of ether oxygens (including phenoxy) is 3. The van der Waals surface area contributed by atoms with Gasteiger partial charge in [0.2, 0.25) is 5.88 Å². The number of fused-ring (bicyclic) bond motifs is 3. The van der Waals surface area contributed by atoms with Crippen molar-refractivity contribution in [2.45, 2.75) is 52.4 Å². The van der Waals surface area contributed by atoms with E-state index >= 15 is 0 Å². The van der Waals surface area contributed by atoms with E-state index < -0.39 is 23.7 Å². The van der Waals surface area contributed by atoms with Crippen LogP contribution in [0.2, 0.25) is 5.15 Å². The Labute approximate surface area is 219 Å². The molecular formula is C24H30ClN7O5. The first-order valence-corrected chi connectivity index (χ1v) is 12.1. The molecule has 3 aromatic heterocycles. The lowest BCUT2D eigenvalue weighted by Crippen LogP contribution is -2.44. The quantitative estimate of drug-likeness (QED) is 0.435. The summed E-state index contributed by atoms with van der Waals surface area (Å²) < 4.78 is 18.0. The third kappa shape index (κ3) is 5.70. The number of nitrogens with one attached hydrogen (secondary N) is 1. The minimum Gasteiger partial charge on any atom is -0.480 e. The maximum Gasteiger partial charge on any atom is 0.417 e. The first kappa shape index (κ1) is 26.4. The Kier molecular flexibility index (Phi) is 7.42. The van der Waals surface area contributed by atoms with Gasteiger partial charge in [0.15, 0.2) is 5.65 Å². The highest BCUT2D eigenvalue weighted by Crippen LogP contribution is 2.30. The summed E-state index contributed by atoms with van der Waals surface area (Å²) in [6.45, 7) is 7.67. The first-order valence-electron chi connectivity index (χ1n) is 11.7. The van der Waals surface area contributed by atoms with Crippen LogP contribution in [0.25, 0.3) is 5.65 Å². The van der Waals surface area contributed by atoms with Crippen molar-refractivity contribution in [1.82, 2.24) is 24.5 Å². The largest absolute Gasteiger partial charge is 0.480 e. The zero-order chi connectivity index (χ0) is 26.9. The number of nitrogens with two attached hydrogens (primary N) is 1. The van der Waals surface area contributed by atoms with Gasteiger partial charge in [-0.05, 0) is 45.7 Å². The number of carbonyl (C=O) groups excluding carboxylic acids is 2. The van der Waals surface area contributed by atoms with Gasteiger partial charge in [-0.3, -0.25) is 4.79 Å². The Morgan fingerprint density at radius 2 is 2.08 bits per heavy atom. The molecule has 0 aliphatic carbocycles. The highest BCUT2D eigenvalue weighted by atomic mass is 35.5. The number of halogens is 1. The van der Waals surface area contributed by atoms with Crippen LogP contribution in [0, 0.1) is 0 Å². The number of hydrogen-bond acceptors (Lipinski definition) is 10. The monoisotopic (exact) mass is 531 g/mol. The average molecular weight is 532 g/mol. The van der Waals surface area contributed by atoms with E-state index in [-0.39, 0.29) is 29.5 Å². The Bertz CT molecular complexity index is 1340. The van der Waals surface area contributed by atoms with Crippen LogP contribution >= 0.6 is 11.6 Å². The molecule has 0 saturated heterocycles. The van der Waals surface area contributed by atoms with Crippen LogP contribution < -0.4 is 15.8 Å². The molecule has 198 valence electrons. The third-order valence-electron chi connectivity index (χ3n) is 5.55. The molecule has 1 atom stereocenters.